The largest absolute Gasteiger partial charge is 0.361 e. The highest BCUT2D eigenvalue weighted by atomic mass is 16.2. The number of nitrogens with zero attached hydrogens (tertiary/aromatic N) is 1. The van der Waals surface area contributed by atoms with E-state index in [0.717, 1.165) is 17.5 Å². The smallest absolute Gasteiger partial charge is 0.253 e. The van der Waals surface area contributed by atoms with E-state index in [2.05, 4.69) is 50.0 Å². The second-order valence-corrected chi connectivity index (χ2v) is 7.66. The molecule has 0 aliphatic heterocycles. The quantitative estimate of drug-likeness (QED) is 0.732. The van der Waals surface area contributed by atoms with Gasteiger partial charge in [0, 0.05) is 36.3 Å². The molecule has 1 amide bonds. The number of hydrogen-bond donors (Lipinski definition) is 1. The first-order valence-electron chi connectivity index (χ1n) is 8.77. The number of para-hydroxylation sites is 1. The maximum absolute atomic E-state index is 12.6. The van der Waals surface area contributed by atoms with Gasteiger partial charge in [0.05, 0.1) is 0 Å². The van der Waals surface area contributed by atoms with E-state index in [4.69, 9.17) is 0 Å². The van der Waals surface area contributed by atoms with Crippen molar-refractivity contribution < 1.29 is 4.79 Å². The third-order valence-corrected chi connectivity index (χ3v) is 4.74. The van der Waals surface area contributed by atoms with Gasteiger partial charge >= 0.3 is 0 Å². The number of fused-ring (bicyclic) bond motifs is 1. The molecule has 0 unspecified atom stereocenters. The Bertz CT molecular complexity index is 869. The average Bonchev–Trinajstić information content (AvgIpc) is 3.01. The van der Waals surface area contributed by atoms with Crippen LogP contribution in [0.25, 0.3) is 10.9 Å². The van der Waals surface area contributed by atoms with E-state index in [9.17, 15) is 4.79 Å². The van der Waals surface area contributed by atoms with Gasteiger partial charge < -0.3 is 9.88 Å². The minimum atomic E-state index is 0.0697. The summed E-state index contributed by atoms with van der Waals surface area (Å²) in [6, 6.07) is 16.3. The maximum atomic E-state index is 12.6. The summed E-state index contributed by atoms with van der Waals surface area (Å²) < 4.78 is 0. The van der Waals surface area contributed by atoms with Crippen LogP contribution in [0.1, 0.15) is 42.3 Å². The number of likely N-dealkylation sites (N-methyl/N-ethyl adjacent to an activating group) is 1. The van der Waals surface area contributed by atoms with Gasteiger partial charge in [-0.1, -0.05) is 51.1 Å². The van der Waals surface area contributed by atoms with Crippen molar-refractivity contribution in [2.75, 3.05) is 13.6 Å². The van der Waals surface area contributed by atoms with Crippen LogP contribution in [0, 0.1) is 0 Å². The molecule has 0 spiro atoms. The molecule has 0 radical (unpaired) electrons. The van der Waals surface area contributed by atoms with Crippen LogP contribution in [0.2, 0.25) is 0 Å². The molecule has 3 nitrogen and oxygen atoms in total. The van der Waals surface area contributed by atoms with E-state index >= 15 is 0 Å². The Labute approximate surface area is 149 Å². The predicted molar refractivity (Wildman–Crippen MR) is 104 cm³/mol. The summed E-state index contributed by atoms with van der Waals surface area (Å²) in [4.78, 5) is 17.7. The zero-order chi connectivity index (χ0) is 18.0. The van der Waals surface area contributed by atoms with Crippen molar-refractivity contribution in [2.24, 2.45) is 0 Å². The summed E-state index contributed by atoms with van der Waals surface area (Å²) in [6.07, 6.45) is 2.88. The molecule has 25 heavy (non-hydrogen) atoms. The average molecular weight is 334 g/mol. The fourth-order valence-corrected chi connectivity index (χ4v) is 3.06. The van der Waals surface area contributed by atoms with Gasteiger partial charge in [0.2, 0.25) is 0 Å². The van der Waals surface area contributed by atoms with Crippen LogP contribution in [-0.4, -0.2) is 29.4 Å². The molecule has 3 heteroatoms. The van der Waals surface area contributed by atoms with Crippen molar-refractivity contribution >= 4 is 16.8 Å². The van der Waals surface area contributed by atoms with Crippen molar-refractivity contribution in [2.45, 2.75) is 32.6 Å². The van der Waals surface area contributed by atoms with Crippen molar-refractivity contribution in [3.8, 4) is 0 Å². The van der Waals surface area contributed by atoms with Crippen LogP contribution in [0.4, 0.5) is 0 Å². The van der Waals surface area contributed by atoms with E-state index in [1.807, 2.05) is 37.5 Å². The standard InChI is InChI=1S/C22H26N2O/c1-22(2,3)18-11-9-16(10-12-18)21(25)24(4)14-13-17-15-23-20-8-6-5-7-19(17)20/h5-12,15,23H,13-14H2,1-4H3. The molecule has 0 saturated heterocycles. The van der Waals surface area contributed by atoms with E-state index in [1.165, 1.54) is 16.5 Å². The second kappa shape index (κ2) is 6.75. The van der Waals surface area contributed by atoms with E-state index in [0.29, 0.717) is 6.54 Å². The zero-order valence-corrected chi connectivity index (χ0v) is 15.5. The summed E-state index contributed by atoms with van der Waals surface area (Å²) >= 11 is 0. The fraction of sp³-hybridized carbons (Fsp3) is 0.318. The van der Waals surface area contributed by atoms with E-state index < -0.39 is 0 Å². The molecule has 2 aromatic carbocycles. The Morgan fingerprint density at radius 2 is 1.72 bits per heavy atom. The number of amides is 1. The molecule has 1 N–H and O–H groups in total. The number of hydrogen-bond acceptors (Lipinski definition) is 1. The molecule has 3 aromatic rings. The third kappa shape index (κ3) is 3.76. The number of rotatable bonds is 4. The maximum Gasteiger partial charge on any atom is 0.253 e. The normalized spacial score (nSPS) is 11.7. The first-order chi connectivity index (χ1) is 11.9. The molecular weight excluding hydrogens is 308 g/mol. The van der Waals surface area contributed by atoms with Crippen LogP contribution in [0.5, 0.6) is 0 Å². The number of carbonyl (C=O) groups excluding carboxylic acids is 1. The van der Waals surface area contributed by atoms with Crippen molar-refractivity contribution in [3.63, 3.8) is 0 Å². The van der Waals surface area contributed by atoms with Gasteiger partial charge in [0.1, 0.15) is 0 Å². The molecule has 0 fully saturated rings. The van der Waals surface area contributed by atoms with Gasteiger partial charge in [0.15, 0.2) is 0 Å². The number of aromatic nitrogens is 1. The van der Waals surface area contributed by atoms with Crippen LogP contribution in [-0.2, 0) is 11.8 Å². The first kappa shape index (κ1) is 17.3. The molecule has 0 bridgehead atoms. The topological polar surface area (TPSA) is 36.1 Å². The van der Waals surface area contributed by atoms with Crippen LogP contribution in [0.3, 0.4) is 0 Å². The highest BCUT2D eigenvalue weighted by Crippen LogP contribution is 2.23. The molecule has 0 aliphatic carbocycles. The lowest BCUT2D eigenvalue weighted by Crippen LogP contribution is -2.28. The summed E-state index contributed by atoms with van der Waals surface area (Å²) in [6.45, 7) is 7.23. The molecule has 3 rings (SSSR count). The highest BCUT2D eigenvalue weighted by molar-refractivity contribution is 5.94. The van der Waals surface area contributed by atoms with Gasteiger partial charge in [-0.15, -0.1) is 0 Å². The fourth-order valence-electron chi connectivity index (χ4n) is 3.06. The Morgan fingerprint density at radius 3 is 2.40 bits per heavy atom. The molecule has 0 saturated carbocycles. The predicted octanol–water partition coefficient (Wildman–Crippen LogP) is 4.78. The molecule has 1 heterocycles. The van der Waals surface area contributed by atoms with Crippen molar-refractivity contribution in [1.29, 1.82) is 0 Å². The molecule has 0 atom stereocenters. The number of H-pyrrole nitrogens is 1. The minimum Gasteiger partial charge on any atom is -0.361 e. The molecule has 1 aromatic heterocycles. The monoisotopic (exact) mass is 334 g/mol. The summed E-state index contributed by atoms with van der Waals surface area (Å²) in [5, 5.41) is 1.23. The van der Waals surface area contributed by atoms with Crippen molar-refractivity contribution in [1.82, 2.24) is 9.88 Å². The lowest BCUT2D eigenvalue weighted by atomic mass is 9.86. The third-order valence-electron chi connectivity index (χ3n) is 4.74. The number of nitrogens with one attached hydrogen (secondary N) is 1. The lowest BCUT2D eigenvalue weighted by Gasteiger charge is -2.20. The number of benzene rings is 2. The van der Waals surface area contributed by atoms with Gasteiger partial charge in [-0.3, -0.25) is 4.79 Å². The van der Waals surface area contributed by atoms with Crippen LogP contribution >= 0.6 is 0 Å². The zero-order valence-electron chi connectivity index (χ0n) is 15.5. The Balaban J connectivity index is 1.66. The molecular formula is C22H26N2O. The number of aromatic amines is 1. The minimum absolute atomic E-state index is 0.0697. The summed E-state index contributed by atoms with van der Waals surface area (Å²) in [5.74, 6) is 0.0697. The van der Waals surface area contributed by atoms with E-state index in [-0.39, 0.29) is 11.3 Å². The van der Waals surface area contributed by atoms with Gasteiger partial charge in [-0.25, -0.2) is 0 Å². The van der Waals surface area contributed by atoms with Gasteiger partial charge in [-0.2, -0.15) is 0 Å². The molecule has 0 aliphatic rings. The summed E-state index contributed by atoms with van der Waals surface area (Å²) in [5.41, 5.74) is 4.48. The van der Waals surface area contributed by atoms with E-state index in [1.54, 1.807) is 4.90 Å². The first-order valence-corrected chi connectivity index (χ1v) is 8.77. The Kier molecular flexibility index (Phi) is 4.67. The Morgan fingerprint density at radius 1 is 1.04 bits per heavy atom. The van der Waals surface area contributed by atoms with Crippen molar-refractivity contribution in [3.05, 3.63) is 71.4 Å². The lowest BCUT2D eigenvalue weighted by molar-refractivity contribution is 0.0796. The van der Waals surface area contributed by atoms with Crippen LogP contribution in [0.15, 0.2) is 54.7 Å². The van der Waals surface area contributed by atoms with Crippen LogP contribution < -0.4 is 0 Å². The Hall–Kier alpha value is -2.55. The summed E-state index contributed by atoms with van der Waals surface area (Å²) in [7, 11) is 1.87. The highest BCUT2D eigenvalue weighted by Gasteiger charge is 2.16. The van der Waals surface area contributed by atoms with Gasteiger partial charge in [-0.05, 0) is 41.2 Å². The molecule has 130 valence electrons. The SMILES string of the molecule is CN(CCc1c[nH]c2ccccc12)C(=O)c1ccc(C(C)(C)C)cc1. The van der Waals surface area contributed by atoms with Gasteiger partial charge in [0.25, 0.3) is 5.91 Å². The number of carbonyl (C=O) groups is 1. The second-order valence-electron chi connectivity index (χ2n) is 7.66.